The summed E-state index contributed by atoms with van der Waals surface area (Å²) in [6.45, 7) is 8.47. The third-order valence-electron chi connectivity index (χ3n) is 2.07. The Morgan fingerprint density at radius 1 is 1.08 bits per heavy atom. The third kappa shape index (κ3) is 11.2. The van der Waals surface area contributed by atoms with Crippen LogP contribution in [0.25, 0.3) is 0 Å². The first-order valence-electron chi connectivity index (χ1n) is 4.64. The molecule has 0 aromatic heterocycles. The van der Waals surface area contributed by atoms with Gasteiger partial charge in [-0.25, -0.2) is 0 Å². The Kier molecular flexibility index (Phi) is 23.3. The largest absolute Gasteiger partial charge is 2.00 e. The minimum Gasteiger partial charge on any atom is -1.00 e. The molecule has 0 saturated heterocycles. The second kappa shape index (κ2) is 14.8. The van der Waals surface area contributed by atoms with Gasteiger partial charge in [-0.05, 0) is 0 Å². The smallest absolute Gasteiger partial charge is 1.00 e. The van der Waals surface area contributed by atoms with Gasteiger partial charge in [-0.2, -0.15) is 6.42 Å². The zero-order valence-electron chi connectivity index (χ0n) is 8.61. The van der Waals surface area contributed by atoms with E-state index in [0.29, 0.717) is 0 Å². The van der Waals surface area contributed by atoms with E-state index < -0.39 is 0 Å². The zero-order valence-corrected chi connectivity index (χ0v) is 11.6. The molecule has 0 aliphatic rings. The number of hydrogen-bond donors (Lipinski definition) is 0. The van der Waals surface area contributed by atoms with Gasteiger partial charge in [-0.3, -0.25) is 0 Å². The van der Waals surface area contributed by atoms with Crippen LogP contribution in [0.1, 0.15) is 52.4 Å². The van der Waals surface area contributed by atoms with E-state index in [1.807, 2.05) is 0 Å². The third-order valence-corrected chi connectivity index (χ3v) is 2.07. The summed E-state index contributed by atoms with van der Waals surface area (Å²) in [6, 6.07) is 0. The molecule has 0 spiro atoms. The van der Waals surface area contributed by atoms with Crippen molar-refractivity contribution >= 4 is 23.1 Å². The molecule has 0 N–H and O–H groups in total. The van der Waals surface area contributed by atoms with Crippen molar-refractivity contribution in [1.82, 2.24) is 0 Å². The molecular formula is C10H21BrMg. The summed E-state index contributed by atoms with van der Waals surface area (Å²) in [6.07, 6.45) is 7.95. The van der Waals surface area contributed by atoms with E-state index in [1.54, 1.807) is 0 Å². The van der Waals surface area contributed by atoms with Gasteiger partial charge in [0, 0.05) is 0 Å². The van der Waals surface area contributed by atoms with Crippen molar-refractivity contribution < 1.29 is 17.0 Å². The predicted molar refractivity (Wildman–Crippen MR) is 53.7 cm³/mol. The second-order valence-corrected chi connectivity index (χ2v) is 3.09. The number of unbranched alkanes of at least 4 members (excludes halogenated alkanes) is 1. The zero-order chi connectivity index (χ0) is 7.82. The molecule has 0 nitrogen and oxygen atoms in total. The maximum atomic E-state index is 3.96. The van der Waals surface area contributed by atoms with Crippen molar-refractivity contribution in [2.75, 3.05) is 0 Å². The second-order valence-electron chi connectivity index (χ2n) is 3.09. The predicted octanol–water partition coefficient (Wildman–Crippen LogP) is 0.440. The van der Waals surface area contributed by atoms with Crippen LogP contribution in [0.3, 0.4) is 0 Å². The van der Waals surface area contributed by atoms with Gasteiger partial charge in [-0.15, -0.1) is 0 Å². The molecule has 0 aromatic rings. The van der Waals surface area contributed by atoms with Crippen LogP contribution < -0.4 is 17.0 Å². The van der Waals surface area contributed by atoms with Crippen LogP contribution in [-0.2, 0) is 0 Å². The SMILES string of the molecule is [Br-].[CH2-]CC(CCC)CCCC.[Mg+2]. The molecule has 2 heteroatoms. The first-order chi connectivity index (χ1) is 4.85. The van der Waals surface area contributed by atoms with Gasteiger partial charge in [0.2, 0.25) is 0 Å². The number of rotatable bonds is 6. The van der Waals surface area contributed by atoms with Gasteiger partial charge in [0.25, 0.3) is 0 Å². The molecule has 12 heavy (non-hydrogen) atoms. The molecule has 70 valence electrons. The molecule has 0 radical (unpaired) electrons. The van der Waals surface area contributed by atoms with E-state index in [0.717, 1.165) is 12.3 Å². The van der Waals surface area contributed by atoms with Crippen molar-refractivity contribution in [2.45, 2.75) is 52.4 Å². The fourth-order valence-corrected chi connectivity index (χ4v) is 1.33. The van der Waals surface area contributed by atoms with Gasteiger partial charge in [-0.1, -0.05) is 51.9 Å². The summed E-state index contributed by atoms with van der Waals surface area (Å²) in [5.41, 5.74) is 0. The molecule has 0 saturated carbocycles. The molecular weight excluding hydrogens is 224 g/mol. The Labute approximate surface area is 105 Å². The Morgan fingerprint density at radius 3 is 2.00 bits per heavy atom. The molecule has 0 rings (SSSR count). The van der Waals surface area contributed by atoms with Crippen LogP contribution in [-0.4, -0.2) is 23.1 Å². The Balaban J connectivity index is -0.000000405. The monoisotopic (exact) mass is 244 g/mol. The van der Waals surface area contributed by atoms with Crippen molar-refractivity contribution in [3.63, 3.8) is 0 Å². The molecule has 0 fully saturated rings. The summed E-state index contributed by atoms with van der Waals surface area (Å²) >= 11 is 0. The average Bonchev–Trinajstić information content (AvgIpc) is 1.98. The first kappa shape index (κ1) is 18.9. The normalized spacial score (nSPS) is 11.2. The first-order valence-corrected chi connectivity index (χ1v) is 4.64. The molecule has 0 aliphatic heterocycles. The van der Waals surface area contributed by atoms with E-state index in [9.17, 15) is 0 Å². The standard InChI is InChI=1S/C10H21.BrH.Mg/c1-4-7-9-10(6-3)8-5-2;;/h10H,3-9H2,1-2H3;1H;/q-1;;+2/p-1. The average molecular weight is 245 g/mol. The van der Waals surface area contributed by atoms with Crippen molar-refractivity contribution in [3.8, 4) is 0 Å². The minimum absolute atomic E-state index is 0. The van der Waals surface area contributed by atoms with Crippen LogP contribution in [0.15, 0.2) is 0 Å². The van der Waals surface area contributed by atoms with E-state index in [-0.39, 0.29) is 40.0 Å². The van der Waals surface area contributed by atoms with Crippen molar-refractivity contribution in [3.05, 3.63) is 6.92 Å². The van der Waals surface area contributed by atoms with Crippen molar-refractivity contribution in [2.24, 2.45) is 5.92 Å². The maximum absolute atomic E-state index is 3.96. The molecule has 0 aliphatic carbocycles. The molecule has 0 amide bonds. The fraction of sp³-hybridized carbons (Fsp3) is 0.900. The van der Waals surface area contributed by atoms with Crippen LogP contribution in [0.5, 0.6) is 0 Å². The van der Waals surface area contributed by atoms with Crippen LogP contribution in [0.4, 0.5) is 0 Å². The minimum atomic E-state index is 0. The number of halogens is 1. The van der Waals surface area contributed by atoms with Crippen molar-refractivity contribution in [1.29, 1.82) is 0 Å². The molecule has 0 heterocycles. The van der Waals surface area contributed by atoms with Gasteiger partial charge in [0.15, 0.2) is 0 Å². The van der Waals surface area contributed by atoms with Gasteiger partial charge in [0.05, 0.1) is 0 Å². The van der Waals surface area contributed by atoms with E-state index in [2.05, 4.69) is 20.8 Å². The molecule has 0 aromatic carbocycles. The Morgan fingerprint density at radius 2 is 1.67 bits per heavy atom. The summed E-state index contributed by atoms with van der Waals surface area (Å²) in [4.78, 5) is 0. The van der Waals surface area contributed by atoms with Gasteiger partial charge < -0.3 is 23.9 Å². The fourth-order valence-electron chi connectivity index (χ4n) is 1.33. The summed E-state index contributed by atoms with van der Waals surface area (Å²) in [7, 11) is 0. The summed E-state index contributed by atoms with van der Waals surface area (Å²) in [5.74, 6) is 0.907. The maximum Gasteiger partial charge on any atom is 2.00 e. The Hall–Kier alpha value is 1.25. The van der Waals surface area contributed by atoms with E-state index in [4.69, 9.17) is 0 Å². The Bertz CT molecular complexity index is 66.9. The topological polar surface area (TPSA) is 0 Å². The van der Waals surface area contributed by atoms with E-state index in [1.165, 1.54) is 32.1 Å². The van der Waals surface area contributed by atoms with Crippen LogP contribution in [0, 0.1) is 12.8 Å². The molecule has 1 unspecified atom stereocenters. The molecule has 1 atom stereocenters. The van der Waals surface area contributed by atoms with Crippen LogP contribution >= 0.6 is 0 Å². The van der Waals surface area contributed by atoms with Crippen LogP contribution in [0.2, 0.25) is 0 Å². The number of hydrogen-bond acceptors (Lipinski definition) is 0. The van der Waals surface area contributed by atoms with E-state index >= 15 is 0 Å². The summed E-state index contributed by atoms with van der Waals surface area (Å²) in [5, 5.41) is 0. The quantitative estimate of drug-likeness (QED) is 0.471. The van der Waals surface area contributed by atoms with Gasteiger partial charge in [0.1, 0.15) is 0 Å². The summed E-state index contributed by atoms with van der Waals surface area (Å²) < 4.78 is 0. The molecule has 0 bridgehead atoms. The van der Waals surface area contributed by atoms with Gasteiger partial charge >= 0.3 is 23.1 Å².